The summed E-state index contributed by atoms with van der Waals surface area (Å²) in [6.45, 7) is 6.44. The van der Waals surface area contributed by atoms with Crippen LogP contribution in [0, 0.1) is 6.92 Å². The number of benzene rings is 1. The number of hydrogen-bond acceptors (Lipinski definition) is 2. The van der Waals surface area contributed by atoms with Crippen molar-refractivity contribution < 1.29 is 4.79 Å². The molecule has 20 heavy (non-hydrogen) atoms. The number of amides is 1. The van der Waals surface area contributed by atoms with E-state index in [4.69, 9.17) is 11.6 Å². The third kappa shape index (κ3) is 4.21. The Bertz CT molecular complexity index is 461. The number of carbonyl (C=O) groups excluding carboxylic acids is 1. The smallest absolute Gasteiger partial charge is 0.253 e. The van der Waals surface area contributed by atoms with Gasteiger partial charge in [-0.2, -0.15) is 0 Å². The maximum Gasteiger partial charge on any atom is 0.253 e. The molecule has 1 aromatic rings. The fourth-order valence-corrected chi connectivity index (χ4v) is 3.41. The second-order valence-electron chi connectivity index (χ2n) is 5.19. The van der Waals surface area contributed by atoms with E-state index in [1.165, 1.54) is 0 Å². The molecule has 0 aliphatic carbocycles. The Balaban J connectivity index is 2.05. The Hall–Kier alpha value is -0.580. The molecule has 1 amide bonds. The quantitative estimate of drug-likeness (QED) is 0.774. The lowest BCUT2D eigenvalue weighted by atomic mass is 10.1. The maximum atomic E-state index is 12.6. The van der Waals surface area contributed by atoms with Gasteiger partial charge >= 0.3 is 0 Å². The van der Waals surface area contributed by atoms with Gasteiger partial charge in [-0.25, -0.2) is 0 Å². The van der Waals surface area contributed by atoms with Crippen molar-refractivity contribution in [3.8, 4) is 0 Å². The first-order valence-electron chi connectivity index (χ1n) is 6.95. The average molecular weight is 360 g/mol. The van der Waals surface area contributed by atoms with E-state index in [1.54, 1.807) is 0 Å². The highest BCUT2D eigenvalue weighted by Gasteiger charge is 2.20. The van der Waals surface area contributed by atoms with Crippen LogP contribution in [-0.4, -0.2) is 54.3 Å². The van der Waals surface area contributed by atoms with Crippen LogP contribution in [0.2, 0.25) is 0 Å². The van der Waals surface area contributed by atoms with Gasteiger partial charge in [0.15, 0.2) is 0 Å². The molecule has 0 spiro atoms. The van der Waals surface area contributed by atoms with Gasteiger partial charge in [0.1, 0.15) is 0 Å². The minimum absolute atomic E-state index is 0.127. The summed E-state index contributed by atoms with van der Waals surface area (Å²) in [7, 11) is 0. The summed E-state index contributed by atoms with van der Waals surface area (Å²) in [6, 6.07) is 5.87. The summed E-state index contributed by atoms with van der Waals surface area (Å²) in [4.78, 5) is 16.9. The summed E-state index contributed by atoms with van der Waals surface area (Å²) in [6.07, 6.45) is 1.01. The topological polar surface area (TPSA) is 23.6 Å². The van der Waals surface area contributed by atoms with E-state index in [-0.39, 0.29) is 5.91 Å². The van der Waals surface area contributed by atoms with Gasteiger partial charge in [-0.15, -0.1) is 11.6 Å². The molecule has 0 atom stereocenters. The third-order valence-corrected chi connectivity index (χ3v) is 4.19. The zero-order valence-corrected chi connectivity index (χ0v) is 14.1. The molecule has 0 saturated carbocycles. The van der Waals surface area contributed by atoms with Gasteiger partial charge in [0, 0.05) is 42.1 Å². The van der Waals surface area contributed by atoms with Crippen molar-refractivity contribution >= 4 is 33.4 Å². The van der Waals surface area contributed by atoms with E-state index in [0.29, 0.717) is 5.88 Å². The molecule has 2 rings (SSSR count). The van der Waals surface area contributed by atoms with Crippen LogP contribution < -0.4 is 0 Å². The number of alkyl halides is 1. The fourth-order valence-electron chi connectivity index (χ4n) is 2.56. The lowest BCUT2D eigenvalue weighted by Crippen LogP contribution is -2.35. The predicted octanol–water partition coefficient (Wildman–Crippen LogP) is 3.14. The van der Waals surface area contributed by atoms with E-state index in [2.05, 4.69) is 20.8 Å². The minimum Gasteiger partial charge on any atom is -0.337 e. The molecule has 5 heteroatoms. The largest absolute Gasteiger partial charge is 0.337 e. The molecule has 0 bridgehead atoms. The van der Waals surface area contributed by atoms with Gasteiger partial charge in [0.2, 0.25) is 0 Å². The third-order valence-electron chi connectivity index (χ3n) is 3.57. The van der Waals surface area contributed by atoms with Crippen LogP contribution in [0.25, 0.3) is 0 Å². The molecule has 0 N–H and O–H groups in total. The van der Waals surface area contributed by atoms with E-state index in [9.17, 15) is 4.79 Å². The van der Waals surface area contributed by atoms with E-state index in [0.717, 1.165) is 54.7 Å². The first kappa shape index (κ1) is 15.8. The van der Waals surface area contributed by atoms with Gasteiger partial charge in [-0.05, 0) is 43.7 Å². The predicted molar refractivity (Wildman–Crippen MR) is 86.6 cm³/mol. The number of hydrogen-bond donors (Lipinski definition) is 0. The Labute approximate surface area is 134 Å². The van der Waals surface area contributed by atoms with E-state index >= 15 is 0 Å². The average Bonchev–Trinajstić information content (AvgIpc) is 2.63. The standard InChI is InChI=1S/C15H20BrClN2O/c1-12-9-13(11-14(16)10-12)15(20)19-5-2-4-18(6-3-17)7-8-19/h9-11H,2-8H2,1H3. The maximum absolute atomic E-state index is 12.6. The van der Waals surface area contributed by atoms with Gasteiger partial charge in [0.25, 0.3) is 5.91 Å². The van der Waals surface area contributed by atoms with E-state index < -0.39 is 0 Å². The van der Waals surface area contributed by atoms with Gasteiger partial charge < -0.3 is 9.80 Å². The number of nitrogens with zero attached hydrogens (tertiary/aromatic N) is 2. The number of carbonyl (C=O) groups is 1. The summed E-state index contributed by atoms with van der Waals surface area (Å²) >= 11 is 9.25. The Morgan fingerprint density at radius 2 is 2.05 bits per heavy atom. The lowest BCUT2D eigenvalue weighted by Gasteiger charge is -2.21. The first-order valence-corrected chi connectivity index (χ1v) is 8.27. The van der Waals surface area contributed by atoms with Gasteiger partial charge in [-0.1, -0.05) is 15.9 Å². The van der Waals surface area contributed by atoms with Crippen LogP contribution in [0.15, 0.2) is 22.7 Å². The highest BCUT2D eigenvalue weighted by Crippen LogP contribution is 2.17. The number of halogens is 2. The fraction of sp³-hybridized carbons (Fsp3) is 0.533. The molecule has 1 aliphatic heterocycles. The SMILES string of the molecule is Cc1cc(Br)cc(C(=O)N2CCCN(CCCl)CC2)c1. The van der Waals surface area contributed by atoms with Crippen LogP contribution in [0.4, 0.5) is 0 Å². The number of rotatable bonds is 3. The summed E-state index contributed by atoms with van der Waals surface area (Å²) in [5.74, 6) is 0.779. The van der Waals surface area contributed by atoms with Crippen molar-refractivity contribution in [1.29, 1.82) is 0 Å². The molecule has 0 aromatic heterocycles. The summed E-state index contributed by atoms with van der Waals surface area (Å²) in [5, 5.41) is 0. The molecular weight excluding hydrogens is 340 g/mol. The van der Waals surface area contributed by atoms with Crippen LogP contribution in [-0.2, 0) is 0 Å². The van der Waals surface area contributed by atoms with Gasteiger partial charge in [0.05, 0.1) is 0 Å². The highest BCUT2D eigenvalue weighted by atomic mass is 79.9. The molecular formula is C15H20BrClN2O. The molecule has 0 unspecified atom stereocenters. The molecule has 1 aliphatic rings. The Kier molecular flexibility index (Phi) is 5.87. The zero-order valence-electron chi connectivity index (χ0n) is 11.7. The summed E-state index contributed by atoms with van der Waals surface area (Å²) in [5.41, 5.74) is 1.86. The van der Waals surface area contributed by atoms with Crippen molar-refractivity contribution in [3.05, 3.63) is 33.8 Å². The minimum atomic E-state index is 0.127. The van der Waals surface area contributed by atoms with Crippen LogP contribution in [0.1, 0.15) is 22.3 Å². The van der Waals surface area contributed by atoms with Crippen LogP contribution in [0.5, 0.6) is 0 Å². The lowest BCUT2D eigenvalue weighted by molar-refractivity contribution is 0.0761. The molecule has 0 radical (unpaired) electrons. The molecule has 3 nitrogen and oxygen atoms in total. The second-order valence-corrected chi connectivity index (χ2v) is 6.49. The van der Waals surface area contributed by atoms with Crippen LogP contribution in [0.3, 0.4) is 0 Å². The van der Waals surface area contributed by atoms with Gasteiger partial charge in [-0.3, -0.25) is 4.79 Å². The van der Waals surface area contributed by atoms with Crippen molar-refractivity contribution in [2.75, 3.05) is 38.6 Å². The Morgan fingerprint density at radius 1 is 1.25 bits per heavy atom. The summed E-state index contributed by atoms with van der Waals surface area (Å²) < 4.78 is 0.958. The Morgan fingerprint density at radius 3 is 2.75 bits per heavy atom. The molecule has 1 saturated heterocycles. The van der Waals surface area contributed by atoms with Crippen molar-refractivity contribution in [2.24, 2.45) is 0 Å². The van der Waals surface area contributed by atoms with E-state index in [1.807, 2.05) is 30.0 Å². The van der Waals surface area contributed by atoms with Crippen molar-refractivity contribution in [2.45, 2.75) is 13.3 Å². The molecule has 1 fully saturated rings. The van der Waals surface area contributed by atoms with Crippen molar-refractivity contribution in [1.82, 2.24) is 9.80 Å². The normalized spacial score (nSPS) is 17.1. The van der Waals surface area contributed by atoms with Crippen molar-refractivity contribution in [3.63, 3.8) is 0 Å². The number of aryl methyl sites for hydroxylation is 1. The molecule has 1 aromatic carbocycles. The first-order chi connectivity index (χ1) is 9.60. The highest BCUT2D eigenvalue weighted by molar-refractivity contribution is 9.10. The monoisotopic (exact) mass is 358 g/mol. The molecule has 110 valence electrons. The molecule has 1 heterocycles. The zero-order chi connectivity index (χ0) is 14.5. The second kappa shape index (κ2) is 7.43. The van der Waals surface area contributed by atoms with Crippen LogP contribution >= 0.6 is 27.5 Å².